The minimum atomic E-state index is -0.242. The first-order valence-corrected chi connectivity index (χ1v) is 5.42. The van der Waals surface area contributed by atoms with Gasteiger partial charge in [0.2, 0.25) is 0 Å². The number of anilines is 1. The number of benzene rings is 1. The van der Waals surface area contributed by atoms with Gasteiger partial charge in [-0.1, -0.05) is 0 Å². The van der Waals surface area contributed by atoms with E-state index < -0.39 is 0 Å². The van der Waals surface area contributed by atoms with Crippen LogP contribution in [0.3, 0.4) is 0 Å². The molecule has 0 saturated carbocycles. The lowest BCUT2D eigenvalue weighted by molar-refractivity contribution is 0.618. The molecule has 0 bridgehead atoms. The third-order valence-electron chi connectivity index (χ3n) is 2.19. The summed E-state index contributed by atoms with van der Waals surface area (Å²) in [6.07, 6.45) is 1.58. The number of aryl methyl sites for hydroxylation is 1. The fourth-order valence-corrected chi connectivity index (χ4v) is 1.49. The molecule has 82 valence electrons. The molecule has 0 saturated heterocycles. The van der Waals surface area contributed by atoms with Crippen molar-refractivity contribution in [2.75, 3.05) is 5.73 Å². The van der Waals surface area contributed by atoms with Crippen molar-refractivity contribution in [2.24, 2.45) is 0 Å². The Morgan fingerprint density at radius 2 is 2.12 bits per heavy atom. The summed E-state index contributed by atoms with van der Waals surface area (Å²) >= 11 is 3.22. The van der Waals surface area contributed by atoms with Gasteiger partial charge in [-0.05, 0) is 46.6 Å². The molecule has 3 nitrogen and oxygen atoms in total. The van der Waals surface area contributed by atoms with Crippen molar-refractivity contribution in [3.05, 3.63) is 40.2 Å². The van der Waals surface area contributed by atoms with Crippen molar-refractivity contribution in [3.63, 3.8) is 0 Å². The van der Waals surface area contributed by atoms with Gasteiger partial charge in [-0.3, -0.25) is 0 Å². The normalized spacial score (nSPS) is 10.4. The Morgan fingerprint density at radius 1 is 1.38 bits per heavy atom. The minimum Gasteiger partial charge on any atom is -0.383 e. The maximum Gasteiger partial charge on any atom is 0.161 e. The fourth-order valence-electron chi connectivity index (χ4n) is 1.30. The van der Waals surface area contributed by atoms with Gasteiger partial charge in [0.05, 0.1) is 4.47 Å². The third-order valence-corrected chi connectivity index (χ3v) is 2.80. The molecule has 5 heteroatoms. The zero-order chi connectivity index (χ0) is 11.7. The zero-order valence-electron chi connectivity index (χ0n) is 8.54. The lowest BCUT2D eigenvalue weighted by Gasteiger charge is -2.04. The Bertz CT molecular complexity index is 493. The molecule has 0 fully saturated rings. The molecule has 2 rings (SSSR count). The molecule has 0 amide bonds. The number of nitrogens with two attached hydrogens (primary N) is 1. The van der Waals surface area contributed by atoms with Gasteiger partial charge >= 0.3 is 0 Å². The van der Waals surface area contributed by atoms with E-state index in [0.717, 1.165) is 5.56 Å². The summed E-state index contributed by atoms with van der Waals surface area (Å²) in [5.41, 5.74) is 6.96. The molecule has 0 aliphatic rings. The van der Waals surface area contributed by atoms with Crippen molar-refractivity contribution < 1.29 is 4.39 Å². The van der Waals surface area contributed by atoms with Gasteiger partial charge in [0, 0.05) is 11.8 Å². The molecule has 0 aliphatic heterocycles. The summed E-state index contributed by atoms with van der Waals surface area (Å²) in [6.45, 7) is 1.70. The maximum atomic E-state index is 13.1. The largest absolute Gasteiger partial charge is 0.383 e. The quantitative estimate of drug-likeness (QED) is 0.874. The summed E-state index contributed by atoms with van der Waals surface area (Å²) in [6, 6.07) is 4.72. The van der Waals surface area contributed by atoms with Crippen LogP contribution < -0.4 is 5.73 Å². The van der Waals surface area contributed by atoms with Crippen molar-refractivity contribution in [1.29, 1.82) is 0 Å². The second kappa shape index (κ2) is 4.17. The Kier molecular flexibility index (Phi) is 2.87. The topological polar surface area (TPSA) is 51.8 Å². The molecule has 2 aromatic rings. The molecule has 1 aromatic carbocycles. The van der Waals surface area contributed by atoms with E-state index in [-0.39, 0.29) is 5.82 Å². The van der Waals surface area contributed by atoms with E-state index in [1.165, 1.54) is 6.07 Å². The highest BCUT2D eigenvalue weighted by Gasteiger charge is 2.06. The molecular formula is C11H9BrFN3. The minimum absolute atomic E-state index is 0.242. The van der Waals surface area contributed by atoms with Gasteiger partial charge in [0.25, 0.3) is 0 Å². The van der Waals surface area contributed by atoms with Crippen molar-refractivity contribution in [3.8, 4) is 11.4 Å². The molecule has 2 N–H and O–H groups in total. The van der Waals surface area contributed by atoms with E-state index in [1.54, 1.807) is 25.3 Å². The van der Waals surface area contributed by atoms with Crippen LogP contribution in [0.2, 0.25) is 0 Å². The van der Waals surface area contributed by atoms with Crippen LogP contribution in [0.4, 0.5) is 10.2 Å². The van der Waals surface area contributed by atoms with Crippen LogP contribution in [-0.4, -0.2) is 9.97 Å². The monoisotopic (exact) mass is 281 g/mol. The molecule has 0 unspecified atom stereocenters. The molecule has 0 atom stereocenters. The van der Waals surface area contributed by atoms with Gasteiger partial charge in [-0.15, -0.1) is 0 Å². The summed E-state index contributed by atoms with van der Waals surface area (Å²) < 4.78 is 13.7. The molecule has 0 aliphatic carbocycles. The van der Waals surface area contributed by atoms with Gasteiger partial charge in [0.15, 0.2) is 5.82 Å². The number of hydrogen-bond donors (Lipinski definition) is 1. The average molecular weight is 282 g/mol. The van der Waals surface area contributed by atoms with Gasteiger partial charge in [-0.2, -0.15) is 0 Å². The van der Waals surface area contributed by atoms with Gasteiger partial charge in [0.1, 0.15) is 11.6 Å². The molecule has 1 aromatic heterocycles. The second-order valence-corrected chi connectivity index (χ2v) is 4.25. The SMILES string of the molecule is Cc1cc(-c2ncc(Br)c(N)n2)ccc1F. The van der Waals surface area contributed by atoms with Crippen molar-refractivity contribution in [1.82, 2.24) is 9.97 Å². The van der Waals surface area contributed by atoms with Crippen LogP contribution in [-0.2, 0) is 0 Å². The first-order valence-electron chi connectivity index (χ1n) is 4.62. The summed E-state index contributed by atoms with van der Waals surface area (Å²) in [4.78, 5) is 8.23. The summed E-state index contributed by atoms with van der Waals surface area (Å²) in [7, 11) is 0. The highest BCUT2D eigenvalue weighted by atomic mass is 79.9. The lowest BCUT2D eigenvalue weighted by atomic mass is 10.1. The van der Waals surface area contributed by atoms with Crippen LogP contribution in [0, 0.1) is 12.7 Å². The smallest absolute Gasteiger partial charge is 0.161 e. The van der Waals surface area contributed by atoms with Crippen LogP contribution in [0.25, 0.3) is 11.4 Å². The number of aromatic nitrogens is 2. The van der Waals surface area contributed by atoms with Crippen molar-refractivity contribution in [2.45, 2.75) is 6.92 Å². The first-order chi connectivity index (χ1) is 7.58. The average Bonchev–Trinajstić information content (AvgIpc) is 2.26. The molecular weight excluding hydrogens is 273 g/mol. The van der Waals surface area contributed by atoms with Crippen LogP contribution >= 0.6 is 15.9 Å². The van der Waals surface area contributed by atoms with E-state index in [0.29, 0.717) is 21.7 Å². The predicted molar refractivity (Wildman–Crippen MR) is 64.3 cm³/mol. The Morgan fingerprint density at radius 3 is 2.75 bits per heavy atom. The van der Waals surface area contributed by atoms with Crippen LogP contribution in [0.1, 0.15) is 5.56 Å². The predicted octanol–water partition coefficient (Wildman–Crippen LogP) is 2.94. The number of nitrogen functional groups attached to an aromatic ring is 1. The molecule has 1 heterocycles. The Balaban J connectivity index is 2.50. The third kappa shape index (κ3) is 2.04. The van der Waals surface area contributed by atoms with Crippen LogP contribution in [0.5, 0.6) is 0 Å². The Labute approximate surface area is 101 Å². The summed E-state index contributed by atoms with van der Waals surface area (Å²) in [5.74, 6) is 0.615. The molecule has 16 heavy (non-hydrogen) atoms. The number of nitrogens with zero attached hydrogens (tertiary/aromatic N) is 2. The molecule has 0 radical (unpaired) electrons. The number of hydrogen-bond acceptors (Lipinski definition) is 3. The first kappa shape index (κ1) is 11.0. The zero-order valence-corrected chi connectivity index (χ0v) is 10.1. The van der Waals surface area contributed by atoms with Crippen LogP contribution in [0.15, 0.2) is 28.9 Å². The van der Waals surface area contributed by atoms with E-state index in [2.05, 4.69) is 25.9 Å². The van der Waals surface area contributed by atoms with E-state index in [9.17, 15) is 4.39 Å². The maximum absolute atomic E-state index is 13.1. The number of halogens is 2. The highest BCUT2D eigenvalue weighted by Crippen LogP contribution is 2.22. The van der Waals surface area contributed by atoms with E-state index >= 15 is 0 Å². The lowest BCUT2D eigenvalue weighted by Crippen LogP contribution is -1.97. The standard InChI is InChI=1S/C11H9BrFN3/c1-6-4-7(2-3-9(6)13)11-15-5-8(12)10(14)16-11/h2-5H,1H3,(H2,14,15,16). The van der Waals surface area contributed by atoms with Gasteiger partial charge in [-0.25, -0.2) is 14.4 Å². The van der Waals surface area contributed by atoms with E-state index in [4.69, 9.17) is 5.73 Å². The second-order valence-electron chi connectivity index (χ2n) is 3.39. The van der Waals surface area contributed by atoms with Crippen molar-refractivity contribution >= 4 is 21.7 Å². The van der Waals surface area contributed by atoms with Gasteiger partial charge < -0.3 is 5.73 Å². The van der Waals surface area contributed by atoms with E-state index in [1.807, 2.05) is 0 Å². The highest BCUT2D eigenvalue weighted by molar-refractivity contribution is 9.10. The Hall–Kier alpha value is -1.49. The number of rotatable bonds is 1. The fraction of sp³-hybridized carbons (Fsp3) is 0.0909. The molecule has 0 spiro atoms. The summed E-state index contributed by atoms with van der Waals surface area (Å²) in [5, 5.41) is 0.